The molecule has 2 radical (unpaired) electrons. The molecule has 1 N–H and O–H groups in total. The van der Waals surface area contributed by atoms with Crippen LogP contribution in [0.15, 0.2) is 0 Å². The predicted molar refractivity (Wildman–Crippen MR) is 38.2 cm³/mol. The number of hydrogen-bond acceptors (Lipinski definition) is 3. The number of carbonyl (C=O) groups is 1. The van der Waals surface area contributed by atoms with Crippen molar-refractivity contribution in [3.05, 3.63) is 0 Å². The fourth-order valence-corrected chi connectivity index (χ4v) is 0.941. The molecule has 0 spiro atoms. The van der Waals surface area contributed by atoms with Crippen LogP contribution in [0, 0.1) is 0 Å². The molecule has 0 aliphatic rings. The maximum atomic E-state index is 10.4. The zero-order chi connectivity index (χ0) is 8.36. The van der Waals surface area contributed by atoms with E-state index < -0.39 is 21.7 Å². The van der Waals surface area contributed by atoms with E-state index in [9.17, 15) is 13.2 Å². The Morgan fingerprint density at radius 3 is 2.10 bits per heavy atom. The average Bonchev–Trinajstić information content (AvgIpc) is 1.60. The first-order valence-electron chi connectivity index (χ1n) is 2.56. The van der Waals surface area contributed by atoms with Gasteiger partial charge < -0.3 is 0 Å². The fourth-order valence-electron chi connectivity index (χ4n) is 0.314. The van der Waals surface area contributed by atoms with Gasteiger partial charge in [0.05, 0.1) is 6.26 Å². The Labute approximate surface area is 61.5 Å². The van der Waals surface area contributed by atoms with Crippen LogP contribution in [0.4, 0.5) is 0 Å². The summed E-state index contributed by atoms with van der Waals surface area (Å²) in [5, 5.41) is 0. The standard InChI is InChI=1S/C4H8BNO3S/c1-3(7)4(5)6-10(2,8)9/h4,6H,1-2H3. The van der Waals surface area contributed by atoms with E-state index in [1.165, 1.54) is 6.92 Å². The van der Waals surface area contributed by atoms with Crippen molar-refractivity contribution < 1.29 is 13.2 Å². The van der Waals surface area contributed by atoms with E-state index in [-0.39, 0.29) is 0 Å². The number of Topliss-reactive ketones (excluding diaryl/α,β-unsaturated/α-hetero) is 1. The van der Waals surface area contributed by atoms with Gasteiger partial charge in [-0.25, -0.2) is 13.1 Å². The Morgan fingerprint density at radius 2 is 2.00 bits per heavy atom. The Morgan fingerprint density at radius 1 is 1.60 bits per heavy atom. The highest BCUT2D eigenvalue weighted by Crippen LogP contribution is 1.81. The lowest BCUT2D eigenvalue weighted by Gasteiger charge is -2.06. The van der Waals surface area contributed by atoms with Gasteiger partial charge in [0, 0.05) is 5.94 Å². The second-order valence-corrected chi connectivity index (χ2v) is 3.76. The molecule has 0 aromatic carbocycles. The lowest BCUT2D eigenvalue weighted by molar-refractivity contribution is -0.116. The second kappa shape index (κ2) is 3.16. The van der Waals surface area contributed by atoms with E-state index in [1.54, 1.807) is 0 Å². The van der Waals surface area contributed by atoms with E-state index in [0.717, 1.165) is 6.26 Å². The molecule has 1 unspecified atom stereocenters. The Kier molecular flexibility index (Phi) is 3.05. The van der Waals surface area contributed by atoms with Crippen molar-refractivity contribution in [3.63, 3.8) is 0 Å². The SMILES string of the molecule is [B]C(NS(C)(=O)=O)C(C)=O. The van der Waals surface area contributed by atoms with Gasteiger partial charge in [0.2, 0.25) is 10.0 Å². The predicted octanol–water partition coefficient (Wildman–Crippen LogP) is -1.38. The highest BCUT2D eigenvalue weighted by atomic mass is 32.2. The van der Waals surface area contributed by atoms with Crippen molar-refractivity contribution in [3.8, 4) is 0 Å². The summed E-state index contributed by atoms with van der Waals surface area (Å²) in [6.07, 6.45) is 0.940. The summed E-state index contributed by atoms with van der Waals surface area (Å²) >= 11 is 0. The van der Waals surface area contributed by atoms with Gasteiger partial charge >= 0.3 is 0 Å². The van der Waals surface area contributed by atoms with Gasteiger partial charge in [-0.3, -0.25) is 4.79 Å². The van der Waals surface area contributed by atoms with Crippen molar-refractivity contribution in [2.24, 2.45) is 0 Å². The van der Waals surface area contributed by atoms with Crippen LogP contribution in [-0.2, 0) is 14.8 Å². The molecule has 10 heavy (non-hydrogen) atoms. The van der Waals surface area contributed by atoms with Crippen LogP contribution in [0.1, 0.15) is 6.92 Å². The molecule has 0 saturated carbocycles. The molecule has 56 valence electrons. The quantitative estimate of drug-likeness (QED) is 0.518. The van der Waals surface area contributed by atoms with Crippen LogP contribution < -0.4 is 4.72 Å². The van der Waals surface area contributed by atoms with Gasteiger partial charge in [-0.1, -0.05) is 0 Å². The van der Waals surface area contributed by atoms with E-state index >= 15 is 0 Å². The van der Waals surface area contributed by atoms with Gasteiger partial charge in [0.25, 0.3) is 0 Å². The lowest BCUT2D eigenvalue weighted by Crippen LogP contribution is -2.39. The fraction of sp³-hybridized carbons (Fsp3) is 0.750. The third-order valence-electron chi connectivity index (χ3n) is 0.779. The summed E-state index contributed by atoms with van der Waals surface area (Å²) < 4.78 is 22.7. The monoisotopic (exact) mass is 161 g/mol. The van der Waals surface area contributed by atoms with E-state index in [4.69, 9.17) is 7.85 Å². The molecule has 0 rings (SSSR count). The van der Waals surface area contributed by atoms with Gasteiger partial charge in [-0.15, -0.1) is 0 Å². The van der Waals surface area contributed by atoms with Gasteiger partial charge in [0.15, 0.2) is 0 Å². The summed E-state index contributed by atoms with van der Waals surface area (Å²) in [5.74, 6) is -1.53. The molecule has 0 aliphatic heterocycles. The third-order valence-corrected chi connectivity index (χ3v) is 1.46. The number of carbonyl (C=O) groups excluding carboxylic acids is 1. The molecular weight excluding hydrogens is 153 g/mol. The summed E-state index contributed by atoms with van der Waals surface area (Å²) in [6.45, 7) is 1.21. The minimum absolute atomic E-state index is 0.412. The highest BCUT2D eigenvalue weighted by Gasteiger charge is 2.11. The average molecular weight is 161 g/mol. The van der Waals surface area contributed by atoms with Crippen LogP contribution in [0.2, 0.25) is 0 Å². The Balaban J connectivity index is 4.06. The van der Waals surface area contributed by atoms with Gasteiger partial charge in [-0.2, -0.15) is 0 Å². The zero-order valence-corrected chi connectivity index (χ0v) is 6.60. The van der Waals surface area contributed by atoms with Crippen molar-refractivity contribution in [2.75, 3.05) is 6.26 Å². The number of nitrogens with one attached hydrogen (secondary N) is 1. The number of ketones is 1. The molecule has 0 saturated heterocycles. The Hall–Kier alpha value is -0.355. The molecule has 4 nitrogen and oxygen atoms in total. The lowest BCUT2D eigenvalue weighted by atomic mass is 9.94. The first-order valence-corrected chi connectivity index (χ1v) is 4.45. The highest BCUT2D eigenvalue weighted by molar-refractivity contribution is 7.88. The molecule has 6 heteroatoms. The van der Waals surface area contributed by atoms with Crippen molar-refractivity contribution in [1.82, 2.24) is 4.72 Å². The minimum Gasteiger partial charge on any atom is -0.299 e. The smallest absolute Gasteiger partial charge is 0.208 e. The summed E-state index contributed by atoms with van der Waals surface area (Å²) in [7, 11) is 1.70. The first-order chi connectivity index (χ1) is 4.33. The molecule has 0 heterocycles. The van der Waals surface area contributed by atoms with Crippen LogP contribution in [0.5, 0.6) is 0 Å². The summed E-state index contributed by atoms with van der Waals surface area (Å²) in [5.41, 5.74) is 0. The van der Waals surface area contributed by atoms with Gasteiger partial charge in [-0.05, 0) is 6.92 Å². The largest absolute Gasteiger partial charge is 0.299 e. The Bertz CT molecular complexity index is 223. The maximum absolute atomic E-state index is 10.4. The minimum atomic E-state index is -3.36. The van der Waals surface area contributed by atoms with E-state index in [0.29, 0.717) is 0 Å². The second-order valence-electron chi connectivity index (χ2n) is 1.98. The van der Waals surface area contributed by atoms with Crippen molar-refractivity contribution in [1.29, 1.82) is 0 Å². The molecule has 1 atom stereocenters. The van der Waals surface area contributed by atoms with E-state index in [2.05, 4.69) is 0 Å². The van der Waals surface area contributed by atoms with Crippen LogP contribution >= 0.6 is 0 Å². The molecule has 0 aromatic rings. The topological polar surface area (TPSA) is 63.2 Å². The van der Waals surface area contributed by atoms with Crippen molar-refractivity contribution in [2.45, 2.75) is 12.9 Å². The molecular formula is C4H8BNO3S. The maximum Gasteiger partial charge on any atom is 0.208 e. The number of rotatable bonds is 3. The summed E-state index contributed by atoms with van der Waals surface area (Å²) in [4.78, 5) is 10.4. The molecule has 0 aromatic heterocycles. The molecule has 0 amide bonds. The zero-order valence-electron chi connectivity index (χ0n) is 5.79. The third kappa shape index (κ3) is 4.52. The molecule has 0 fully saturated rings. The number of hydrogen-bond donors (Lipinski definition) is 1. The first kappa shape index (κ1) is 9.64. The van der Waals surface area contributed by atoms with E-state index in [1.807, 2.05) is 4.72 Å². The molecule has 0 aliphatic carbocycles. The van der Waals surface area contributed by atoms with Crippen LogP contribution in [0.25, 0.3) is 0 Å². The van der Waals surface area contributed by atoms with Crippen LogP contribution in [0.3, 0.4) is 0 Å². The van der Waals surface area contributed by atoms with Gasteiger partial charge in [0.1, 0.15) is 13.6 Å². The van der Waals surface area contributed by atoms with Crippen molar-refractivity contribution >= 4 is 23.7 Å². The van der Waals surface area contributed by atoms with Crippen LogP contribution in [-0.4, -0.2) is 34.2 Å². The molecule has 0 bridgehead atoms. The normalized spacial score (nSPS) is 14.6. The number of sulfonamides is 1. The summed E-state index contributed by atoms with van der Waals surface area (Å²) in [6, 6.07) is 0.